The summed E-state index contributed by atoms with van der Waals surface area (Å²) in [6, 6.07) is 19.1. The van der Waals surface area contributed by atoms with Gasteiger partial charge < -0.3 is 5.21 Å². The van der Waals surface area contributed by atoms with Crippen LogP contribution in [0, 0.1) is 5.21 Å². The Kier molecular flexibility index (Phi) is 4.07. The monoisotopic (exact) mass is 308 g/mol. The highest BCUT2D eigenvalue weighted by Gasteiger charge is 2.16. The van der Waals surface area contributed by atoms with Crippen LogP contribution in [-0.2, 0) is 0 Å². The third-order valence-corrected chi connectivity index (χ3v) is 3.94. The number of para-hydroxylation sites is 1. The maximum absolute atomic E-state index is 12.5. The van der Waals surface area contributed by atoms with Gasteiger partial charge in [-0.15, -0.1) is 11.3 Å². The van der Waals surface area contributed by atoms with Crippen molar-refractivity contribution in [2.24, 2.45) is 5.11 Å². The number of carbonyl (C=O) groups excluding carboxylic acids is 1. The molecule has 0 aliphatic rings. The highest BCUT2D eigenvalue weighted by atomic mass is 32.1. The number of thiophene rings is 1. The first-order valence-electron chi connectivity index (χ1n) is 6.67. The van der Waals surface area contributed by atoms with E-state index >= 15 is 0 Å². The lowest BCUT2D eigenvalue weighted by molar-refractivity contribution is -0.435. The number of carbonyl (C=O) groups is 1. The summed E-state index contributed by atoms with van der Waals surface area (Å²) in [5.41, 5.74) is 1.20. The van der Waals surface area contributed by atoms with Crippen LogP contribution in [0.25, 0.3) is 0 Å². The number of nitrogens with zero attached hydrogens (tertiary/aromatic N) is 2. The molecule has 0 radical (unpaired) electrons. The second kappa shape index (κ2) is 6.32. The van der Waals surface area contributed by atoms with Crippen LogP contribution in [0.3, 0.4) is 0 Å². The van der Waals surface area contributed by atoms with Gasteiger partial charge in [0, 0.05) is 17.2 Å². The van der Waals surface area contributed by atoms with Gasteiger partial charge in [-0.25, -0.2) is 0 Å². The predicted octanol–water partition coefficient (Wildman–Crippen LogP) is 4.90. The molecule has 0 N–H and O–H groups in total. The minimum absolute atomic E-state index is 0.129. The Balaban J connectivity index is 2.00. The molecule has 0 saturated heterocycles. The fraction of sp³-hybridized carbons (Fsp3) is 0. The average molecular weight is 308 g/mol. The highest BCUT2D eigenvalue weighted by Crippen LogP contribution is 2.25. The molecule has 0 amide bonds. The molecule has 5 heteroatoms. The molecule has 0 aliphatic carbocycles. The largest absolute Gasteiger partial charge is 0.594 e. The van der Waals surface area contributed by atoms with Crippen molar-refractivity contribution in [1.29, 1.82) is 0 Å². The zero-order valence-corrected chi connectivity index (χ0v) is 12.4. The maximum atomic E-state index is 12.5. The maximum Gasteiger partial charge on any atom is 0.244 e. The Morgan fingerprint density at radius 2 is 1.68 bits per heavy atom. The number of hydrogen-bond acceptors (Lipinski definition) is 4. The fourth-order valence-electron chi connectivity index (χ4n) is 2.00. The van der Waals surface area contributed by atoms with E-state index in [1.807, 2.05) is 17.5 Å². The molecule has 4 nitrogen and oxygen atoms in total. The van der Waals surface area contributed by atoms with Gasteiger partial charge in [0.1, 0.15) is 5.69 Å². The van der Waals surface area contributed by atoms with Crippen LogP contribution >= 0.6 is 11.3 Å². The van der Waals surface area contributed by atoms with Crippen LogP contribution in [0.5, 0.6) is 0 Å². The average Bonchev–Trinajstić information content (AvgIpc) is 3.10. The third-order valence-electron chi connectivity index (χ3n) is 3.07. The van der Waals surface area contributed by atoms with E-state index in [-0.39, 0.29) is 5.78 Å². The second-order valence-corrected chi connectivity index (χ2v) is 5.48. The van der Waals surface area contributed by atoms with E-state index in [1.165, 1.54) is 11.3 Å². The van der Waals surface area contributed by atoms with Crippen molar-refractivity contribution in [3.8, 4) is 0 Å². The molecule has 1 aromatic heterocycles. The summed E-state index contributed by atoms with van der Waals surface area (Å²) >= 11 is 1.37. The predicted molar refractivity (Wildman–Crippen MR) is 86.0 cm³/mol. The van der Waals surface area contributed by atoms with Gasteiger partial charge >= 0.3 is 0 Å². The molecule has 22 heavy (non-hydrogen) atoms. The molecule has 1 heterocycles. The normalized spacial score (nSPS) is 11.4. The van der Waals surface area contributed by atoms with E-state index in [0.717, 1.165) is 0 Å². The molecule has 108 valence electrons. The minimum atomic E-state index is -0.129. The Labute approximate surface area is 131 Å². The van der Waals surface area contributed by atoms with Gasteiger partial charge in [0.15, 0.2) is 0 Å². The summed E-state index contributed by atoms with van der Waals surface area (Å²) in [6.45, 7) is 0. The third kappa shape index (κ3) is 2.94. The molecule has 3 aromatic rings. The van der Waals surface area contributed by atoms with Crippen molar-refractivity contribution >= 4 is 28.5 Å². The van der Waals surface area contributed by atoms with E-state index in [0.29, 0.717) is 26.7 Å². The summed E-state index contributed by atoms with van der Waals surface area (Å²) in [6.07, 6.45) is 0. The molecule has 0 aliphatic heterocycles. The summed E-state index contributed by atoms with van der Waals surface area (Å²) < 4.78 is 0. The highest BCUT2D eigenvalue weighted by molar-refractivity contribution is 7.12. The second-order valence-electron chi connectivity index (χ2n) is 4.53. The van der Waals surface area contributed by atoms with E-state index in [4.69, 9.17) is 0 Å². The van der Waals surface area contributed by atoms with Gasteiger partial charge in [-0.1, -0.05) is 41.3 Å². The molecule has 2 aromatic carbocycles. The molecule has 3 rings (SSSR count). The van der Waals surface area contributed by atoms with Crippen molar-refractivity contribution < 1.29 is 9.66 Å². The molecule has 0 bridgehead atoms. The number of ketones is 1. The van der Waals surface area contributed by atoms with Crippen LogP contribution in [0.2, 0.25) is 0 Å². The minimum Gasteiger partial charge on any atom is -0.594 e. The van der Waals surface area contributed by atoms with Gasteiger partial charge in [-0.3, -0.25) is 4.79 Å². The van der Waals surface area contributed by atoms with E-state index < -0.39 is 0 Å². The van der Waals surface area contributed by atoms with Crippen molar-refractivity contribution in [2.45, 2.75) is 0 Å². The van der Waals surface area contributed by atoms with Crippen molar-refractivity contribution in [1.82, 2.24) is 0 Å². The van der Waals surface area contributed by atoms with E-state index in [9.17, 15) is 10.0 Å². The van der Waals surface area contributed by atoms with Gasteiger partial charge in [0.2, 0.25) is 11.5 Å². The van der Waals surface area contributed by atoms with Gasteiger partial charge in [0.25, 0.3) is 0 Å². The van der Waals surface area contributed by atoms with Gasteiger partial charge in [-0.05, 0) is 23.6 Å². The lowest BCUT2D eigenvalue weighted by Crippen LogP contribution is -2.00. The van der Waals surface area contributed by atoms with Crippen molar-refractivity contribution in [3.63, 3.8) is 0 Å². The number of benzene rings is 2. The first kappa shape index (κ1) is 14.2. The molecule has 0 spiro atoms. The summed E-state index contributed by atoms with van der Waals surface area (Å²) in [5, 5.41) is 18.0. The quantitative estimate of drug-likeness (QED) is 0.298. The smallest absolute Gasteiger partial charge is 0.244 e. The first-order chi connectivity index (χ1) is 10.8. The van der Waals surface area contributed by atoms with Crippen LogP contribution in [-0.4, -0.2) is 10.6 Å². The standard InChI is InChI=1S/C17H12N2O2S/c20-17(16-11-6-12-22-16)14-9-4-5-10-15(14)18-19(21)13-7-2-1-3-8-13/h1-12H. The number of rotatable bonds is 4. The first-order valence-corrected chi connectivity index (χ1v) is 7.55. The van der Waals surface area contributed by atoms with E-state index in [1.54, 1.807) is 54.6 Å². The van der Waals surface area contributed by atoms with Crippen molar-refractivity contribution in [3.05, 3.63) is 87.8 Å². The van der Waals surface area contributed by atoms with E-state index in [2.05, 4.69) is 5.11 Å². The molecular formula is C17H12N2O2S. The zero-order chi connectivity index (χ0) is 15.4. The number of azo groups is 1. The topological polar surface area (TPSA) is 55.5 Å². The van der Waals surface area contributed by atoms with Crippen LogP contribution in [0.4, 0.5) is 11.4 Å². The summed E-state index contributed by atoms with van der Waals surface area (Å²) in [4.78, 5) is 13.6. The Hall–Kier alpha value is -2.79. The Bertz CT molecular complexity index is 812. The fourth-order valence-corrected chi connectivity index (χ4v) is 2.68. The molecule has 0 saturated carbocycles. The molecule has 0 fully saturated rings. The SMILES string of the molecule is O=C(c1cccs1)c1ccccc1N=[N+]([O-])c1ccccc1. The lowest BCUT2D eigenvalue weighted by Gasteiger charge is -2.03. The molecular weight excluding hydrogens is 296 g/mol. The van der Waals surface area contributed by atoms with Crippen LogP contribution in [0.1, 0.15) is 15.2 Å². The molecule has 0 atom stereocenters. The van der Waals surface area contributed by atoms with Gasteiger partial charge in [-0.2, -0.15) is 0 Å². The Morgan fingerprint density at radius 3 is 2.41 bits per heavy atom. The zero-order valence-electron chi connectivity index (χ0n) is 11.5. The number of hydrogen-bond donors (Lipinski definition) is 0. The van der Waals surface area contributed by atoms with Crippen LogP contribution in [0.15, 0.2) is 77.2 Å². The lowest BCUT2D eigenvalue weighted by atomic mass is 10.1. The van der Waals surface area contributed by atoms with Crippen molar-refractivity contribution in [2.75, 3.05) is 0 Å². The summed E-state index contributed by atoms with van der Waals surface area (Å²) in [7, 11) is 0. The summed E-state index contributed by atoms with van der Waals surface area (Å²) in [5.74, 6) is -0.129. The van der Waals surface area contributed by atoms with Gasteiger partial charge in [0.05, 0.1) is 10.4 Å². The molecule has 0 unspecified atom stereocenters. The van der Waals surface area contributed by atoms with Crippen LogP contribution < -0.4 is 0 Å². The Morgan fingerprint density at radius 1 is 0.955 bits per heavy atom.